The van der Waals surface area contributed by atoms with Crippen LogP contribution in [0.5, 0.6) is 0 Å². The van der Waals surface area contributed by atoms with E-state index in [0.29, 0.717) is 30.8 Å². The summed E-state index contributed by atoms with van der Waals surface area (Å²) in [5.74, 6) is -0.0594. The molecule has 0 radical (unpaired) electrons. The minimum atomic E-state index is -0.864. The summed E-state index contributed by atoms with van der Waals surface area (Å²) in [5, 5.41) is 24.5. The fourth-order valence-electron chi connectivity index (χ4n) is 6.43. The van der Waals surface area contributed by atoms with Crippen molar-refractivity contribution in [3.63, 3.8) is 0 Å². The number of ether oxygens (including phenoxy) is 2. The summed E-state index contributed by atoms with van der Waals surface area (Å²) in [6.07, 6.45) is 1.12. The molecule has 4 aromatic carbocycles. The Bertz CT molecular complexity index is 1620. The van der Waals surface area contributed by atoms with Crippen LogP contribution in [0.25, 0.3) is 11.1 Å². The Balaban J connectivity index is 1.20. The molecule has 4 aromatic rings. The first-order valence-electron chi connectivity index (χ1n) is 15.9. The van der Waals surface area contributed by atoms with E-state index in [9.17, 15) is 15.0 Å². The Hall–Kier alpha value is -3.56. The van der Waals surface area contributed by atoms with Crippen LogP contribution in [-0.2, 0) is 33.0 Å². The number of aliphatic hydroxyl groups excluding tert-OH is 1. The maximum Gasteiger partial charge on any atom is 0.217 e. The number of aliphatic hydroxyl groups is 2. The van der Waals surface area contributed by atoms with Gasteiger partial charge < -0.3 is 29.9 Å². The molecule has 2 aliphatic heterocycles. The van der Waals surface area contributed by atoms with Gasteiger partial charge in [-0.05, 0) is 70.5 Å². The van der Waals surface area contributed by atoms with Crippen LogP contribution >= 0.6 is 11.6 Å². The lowest BCUT2D eigenvalue weighted by Crippen LogP contribution is -2.46. The average Bonchev–Trinajstić information content (AvgIpc) is 3.09. The van der Waals surface area contributed by atoms with Crippen LogP contribution in [-0.4, -0.2) is 46.8 Å². The van der Waals surface area contributed by atoms with Crippen LogP contribution in [0.1, 0.15) is 66.4 Å². The van der Waals surface area contributed by atoms with Crippen LogP contribution in [0.15, 0.2) is 97.1 Å². The van der Waals surface area contributed by atoms with Gasteiger partial charge in [-0.1, -0.05) is 84.4 Å². The molecule has 0 bridgehead atoms. The number of halogens is 1. The smallest absolute Gasteiger partial charge is 0.217 e. The van der Waals surface area contributed by atoms with Gasteiger partial charge in [0.05, 0.1) is 24.4 Å². The molecule has 8 heteroatoms. The van der Waals surface area contributed by atoms with E-state index in [2.05, 4.69) is 34.5 Å². The number of piperidine rings is 1. The van der Waals surface area contributed by atoms with Crippen LogP contribution in [0.2, 0.25) is 5.02 Å². The molecular formula is C38H41ClN2O5. The van der Waals surface area contributed by atoms with E-state index < -0.39 is 11.9 Å². The molecule has 3 N–H and O–H groups in total. The van der Waals surface area contributed by atoms with Crippen molar-refractivity contribution in [3.8, 4) is 11.1 Å². The lowest BCUT2D eigenvalue weighted by molar-refractivity contribution is -0.253. The van der Waals surface area contributed by atoms with Gasteiger partial charge in [0, 0.05) is 50.1 Å². The van der Waals surface area contributed by atoms with Gasteiger partial charge in [0.2, 0.25) is 5.91 Å². The highest BCUT2D eigenvalue weighted by Crippen LogP contribution is 2.40. The number of hydrogen-bond acceptors (Lipinski definition) is 6. The Kier molecular flexibility index (Phi) is 10.2. The van der Waals surface area contributed by atoms with Crippen LogP contribution < -0.4 is 5.32 Å². The number of hydrogen-bond donors (Lipinski definition) is 3. The number of carbonyl (C=O) groups excluding carboxylic acids is 1. The van der Waals surface area contributed by atoms with Gasteiger partial charge in [-0.3, -0.25) is 4.79 Å². The van der Waals surface area contributed by atoms with E-state index in [4.69, 9.17) is 21.1 Å². The van der Waals surface area contributed by atoms with Crippen molar-refractivity contribution in [3.05, 3.63) is 130 Å². The summed E-state index contributed by atoms with van der Waals surface area (Å²) in [6.45, 7) is 4.23. The third kappa shape index (κ3) is 7.86. The number of nitrogens with zero attached hydrogens (tertiary/aromatic N) is 1. The standard InChI is InChI=1S/C38H41ClN2O5/c1-26(43)40-23-28-4-2-5-30(20-28)31-6-3-7-32(21-31)37-45-35(22-36(46-37)29-10-8-27(25-42)9-11-29)24-41-18-16-38(44,17-19-41)33-12-14-34(39)15-13-33/h2-15,20-21,35-37,42,44H,16-19,22-25H2,1H3,(H,40,43). The number of likely N-dealkylation sites (tertiary alicyclic amines) is 1. The van der Waals surface area contributed by atoms with Gasteiger partial charge in [-0.15, -0.1) is 0 Å². The Morgan fingerprint density at radius 2 is 1.59 bits per heavy atom. The zero-order valence-corrected chi connectivity index (χ0v) is 26.8. The second kappa shape index (κ2) is 14.5. The predicted molar refractivity (Wildman–Crippen MR) is 179 cm³/mol. The molecule has 0 aliphatic carbocycles. The Labute approximate surface area is 275 Å². The quantitative estimate of drug-likeness (QED) is 0.189. The second-order valence-corrected chi connectivity index (χ2v) is 12.9. The highest BCUT2D eigenvalue weighted by Gasteiger charge is 2.37. The maximum atomic E-state index is 11.4. The highest BCUT2D eigenvalue weighted by molar-refractivity contribution is 6.30. The van der Waals surface area contributed by atoms with Crippen LogP contribution in [0.4, 0.5) is 0 Å². The molecule has 2 saturated heterocycles. The summed E-state index contributed by atoms with van der Waals surface area (Å²) >= 11 is 6.08. The van der Waals surface area contributed by atoms with Gasteiger partial charge in [0.25, 0.3) is 0 Å². The largest absolute Gasteiger partial charge is 0.392 e. The van der Waals surface area contributed by atoms with Crippen LogP contribution in [0.3, 0.4) is 0 Å². The SMILES string of the molecule is CC(=O)NCc1cccc(-c2cccc(C3OC(CN4CCC(O)(c5ccc(Cl)cc5)CC4)CC(c4ccc(CO)cc4)O3)c2)c1. The molecule has 3 unspecified atom stereocenters. The summed E-state index contributed by atoms with van der Waals surface area (Å²) in [6, 6.07) is 31.9. The lowest BCUT2D eigenvalue weighted by atomic mass is 9.84. The zero-order valence-electron chi connectivity index (χ0n) is 26.1. The fourth-order valence-corrected chi connectivity index (χ4v) is 6.55. The molecule has 240 valence electrons. The molecule has 6 rings (SSSR count). The molecule has 46 heavy (non-hydrogen) atoms. The van der Waals surface area contributed by atoms with Crippen molar-refractivity contribution < 1.29 is 24.5 Å². The predicted octanol–water partition coefficient (Wildman–Crippen LogP) is 6.66. The van der Waals surface area contributed by atoms with Crippen molar-refractivity contribution in [2.45, 2.75) is 63.4 Å². The first kappa shape index (κ1) is 32.4. The van der Waals surface area contributed by atoms with E-state index >= 15 is 0 Å². The van der Waals surface area contributed by atoms with E-state index in [1.807, 2.05) is 72.8 Å². The third-order valence-electron chi connectivity index (χ3n) is 9.10. The molecule has 0 spiro atoms. The molecule has 0 aromatic heterocycles. The zero-order chi connectivity index (χ0) is 32.1. The Morgan fingerprint density at radius 3 is 2.28 bits per heavy atom. The molecule has 0 saturated carbocycles. The van der Waals surface area contributed by atoms with Crippen LogP contribution in [0, 0.1) is 0 Å². The van der Waals surface area contributed by atoms with Gasteiger partial charge in [-0.2, -0.15) is 0 Å². The number of nitrogens with one attached hydrogen (secondary N) is 1. The van der Waals surface area contributed by atoms with E-state index in [1.165, 1.54) is 6.92 Å². The summed E-state index contributed by atoms with van der Waals surface area (Å²) in [4.78, 5) is 13.8. The summed E-state index contributed by atoms with van der Waals surface area (Å²) in [7, 11) is 0. The number of benzene rings is 4. The van der Waals surface area contributed by atoms with E-state index in [1.54, 1.807) is 0 Å². The monoisotopic (exact) mass is 640 g/mol. The van der Waals surface area contributed by atoms with Crippen molar-refractivity contribution in [1.29, 1.82) is 0 Å². The third-order valence-corrected chi connectivity index (χ3v) is 9.35. The van der Waals surface area contributed by atoms with Crippen molar-refractivity contribution >= 4 is 17.5 Å². The molecule has 7 nitrogen and oxygen atoms in total. The van der Waals surface area contributed by atoms with Crippen molar-refractivity contribution in [2.24, 2.45) is 0 Å². The maximum absolute atomic E-state index is 11.4. The average molecular weight is 641 g/mol. The Morgan fingerprint density at radius 1 is 0.891 bits per heavy atom. The fraction of sp³-hybridized carbons (Fsp3) is 0.342. The number of amides is 1. The molecule has 2 aliphatic rings. The topological polar surface area (TPSA) is 91.3 Å². The first-order valence-corrected chi connectivity index (χ1v) is 16.3. The highest BCUT2D eigenvalue weighted by atomic mass is 35.5. The number of rotatable bonds is 9. The van der Waals surface area contributed by atoms with Gasteiger partial charge in [0.1, 0.15) is 0 Å². The van der Waals surface area contributed by atoms with E-state index in [0.717, 1.165) is 58.6 Å². The molecular weight excluding hydrogens is 600 g/mol. The normalized spacial score (nSPS) is 21.5. The molecule has 2 heterocycles. The van der Waals surface area contributed by atoms with E-state index in [-0.39, 0.29) is 24.7 Å². The lowest BCUT2D eigenvalue weighted by Gasteiger charge is -2.42. The summed E-state index contributed by atoms with van der Waals surface area (Å²) in [5.41, 5.74) is 6.00. The van der Waals surface area contributed by atoms with Crippen molar-refractivity contribution in [1.82, 2.24) is 10.2 Å². The molecule has 3 atom stereocenters. The van der Waals surface area contributed by atoms with Crippen molar-refractivity contribution in [2.75, 3.05) is 19.6 Å². The van der Waals surface area contributed by atoms with Gasteiger partial charge >= 0.3 is 0 Å². The number of carbonyl (C=O) groups is 1. The molecule has 2 fully saturated rings. The first-order chi connectivity index (χ1) is 22.3. The summed E-state index contributed by atoms with van der Waals surface area (Å²) < 4.78 is 13.3. The molecule has 1 amide bonds. The minimum absolute atomic E-state index is 0.00367. The van der Waals surface area contributed by atoms with Gasteiger partial charge in [0.15, 0.2) is 6.29 Å². The second-order valence-electron chi connectivity index (χ2n) is 12.4. The minimum Gasteiger partial charge on any atom is -0.392 e. The van der Waals surface area contributed by atoms with Gasteiger partial charge in [-0.25, -0.2) is 0 Å².